The summed E-state index contributed by atoms with van der Waals surface area (Å²) in [5.74, 6) is 0. The number of anilines is 1. The molecule has 7 nitrogen and oxygen atoms in total. The van der Waals surface area contributed by atoms with Crippen LogP contribution in [0.3, 0.4) is 0 Å². The number of benzene rings is 3. The third-order valence-electron chi connectivity index (χ3n) is 7.23. The lowest BCUT2D eigenvalue weighted by atomic mass is 9.93. The molecule has 0 spiro atoms. The average molecular weight is 491 g/mol. The second-order valence-corrected chi connectivity index (χ2v) is 11.3. The second kappa shape index (κ2) is 9.11. The number of aromatic nitrogens is 2. The maximum Gasteiger partial charge on any atom is 0.238 e. The van der Waals surface area contributed by atoms with E-state index in [1.807, 2.05) is 19.2 Å². The first kappa shape index (κ1) is 23.5. The number of nitrogens with zero attached hydrogens (tertiary/aromatic N) is 2. The molecule has 1 saturated heterocycles. The summed E-state index contributed by atoms with van der Waals surface area (Å²) in [5, 5.41) is 13.7. The van der Waals surface area contributed by atoms with Crippen LogP contribution in [0.1, 0.15) is 36.0 Å². The van der Waals surface area contributed by atoms with Gasteiger partial charge in [-0.25, -0.2) is 23.6 Å². The number of hydrogen-bond acceptors (Lipinski definition) is 4. The summed E-state index contributed by atoms with van der Waals surface area (Å²) >= 11 is 0. The van der Waals surface area contributed by atoms with Crippen molar-refractivity contribution >= 4 is 26.6 Å². The van der Waals surface area contributed by atoms with E-state index in [0.29, 0.717) is 0 Å². The molecule has 1 fully saturated rings. The van der Waals surface area contributed by atoms with Crippen LogP contribution in [0.4, 0.5) is 5.69 Å². The van der Waals surface area contributed by atoms with Crippen LogP contribution in [-0.4, -0.2) is 36.3 Å². The summed E-state index contributed by atoms with van der Waals surface area (Å²) in [6.07, 6.45) is 5.46. The highest BCUT2D eigenvalue weighted by atomic mass is 32.2. The fourth-order valence-corrected chi connectivity index (χ4v) is 5.79. The Labute approximate surface area is 206 Å². The molecule has 1 aromatic heterocycles. The highest BCUT2D eigenvalue weighted by Gasteiger charge is 2.32. The van der Waals surface area contributed by atoms with Crippen LogP contribution in [0, 0.1) is 13.8 Å². The molecule has 4 aromatic rings. The number of likely N-dealkylation sites (tertiary alicyclic amines) is 1. The van der Waals surface area contributed by atoms with Gasteiger partial charge in [0, 0.05) is 10.9 Å². The molecule has 0 amide bonds. The Hall–Kier alpha value is -3.20. The van der Waals surface area contributed by atoms with Crippen LogP contribution in [0.25, 0.3) is 22.0 Å². The Morgan fingerprint density at radius 2 is 1.80 bits per heavy atom. The fourth-order valence-electron chi connectivity index (χ4n) is 5.25. The van der Waals surface area contributed by atoms with Crippen LogP contribution in [-0.2, 0) is 16.6 Å². The van der Waals surface area contributed by atoms with E-state index < -0.39 is 10.0 Å². The zero-order valence-corrected chi connectivity index (χ0v) is 21.0. The second-order valence-electron chi connectivity index (χ2n) is 9.71. The normalized spacial score (nSPS) is 15.9. The highest BCUT2D eigenvalue weighted by Crippen LogP contribution is 2.33. The maximum atomic E-state index is 12.0. The molecular formula is C27H32N5O2S+. The monoisotopic (exact) mass is 490 g/mol. The van der Waals surface area contributed by atoms with Crippen molar-refractivity contribution in [2.75, 3.05) is 18.5 Å². The molecule has 35 heavy (non-hydrogen) atoms. The van der Waals surface area contributed by atoms with E-state index in [1.165, 1.54) is 24.8 Å². The van der Waals surface area contributed by atoms with Crippen LogP contribution in [0.15, 0.2) is 65.7 Å². The molecule has 0 aliphatic carbocycles. The largest absolute Gasteiger partial charge is 0.278 e. The number of quaternary nitrogens is 1. The summed E-state index contributed by atoms with van der Waals surface area (Å²) in [7, 11) is -3.77. The standard InChI is InChI=1S/C27H32N5O2S/c1-19-9-11-24(35(28,33)34)16-26(19)25-8-6-7-21(20(25)2)18-32(13-4-3-5-14-32)31-23-10-12-27-22(15-23)17-29-30-27/h6-12,15-17,31H,3-5,13-14,18H2,1-2H3,(H,29,30)(H2,28,33,34)/q+1. The van der Waals surface area contributed by atoms with Crippen LogP contribution >= 0.6 is 0 Å². The molecule has 3 aromatic carbocycles. The van der Waals surface area contributed by atoms with Crippen molar-refractivity contribution in [1.82, 2.24) is 10.2 Å². The van der Waals surface area contributed by atoms with Crippen LogP contribution < -0.4 is 10.6 Å². The third-order valence-corrected chi connectivity index (χ3v) is 8.14. The van der Waals surface area contributed by atoms with E-state index in [-0.39, 0.29) is 4.90 Å². The number of nitrogens with two attached hydrogens (primary N) is 1. The van der Waals surface area contributed by atoms with Gasteiger partial charge in [0.2, 0.25) is 10.0 Å². The summed E-state index contributed by atoms with van der Waals surface area (Å²) in [6.45, 7) is 7.07. The number of hydrogen-bond donors (Lipinski definition) is 3. The molecule has 2 heterocycles. The summed E-state index contributed by atoms with van der Waals surface area (Å²) in [6, 6.07) is 17.7. The molecule has 1 aliphatic rings. The van der Waals surface area contributed by atoms with Crippen molar-refractivity contribution in [2.45, 2.75) is 44.6 Å². The van der Waals surface area contributed by atoms with Crippen molar-refractivity contribution in [3.63, 3.8) is 0 Å². The molecule has 1 aliphatic heterocycles. The lowest BCUT2D eigenvalue weighted by Gasteiger charge is -2.41. The van der Waals surface area contributed by atoms with Gasteiger partial charge in [-0.05, 0) is 85.7 Å². The summed E-state index contributed by atoms with van der Waals surface area (Å²) in [4.78, 5) is 0.138. The van der Waals surface area contributed by atoms with Gasteiger partial charge in [-0.15, -0.1) is 0 Å². The summed E-state index contributed by atoms with van der Waals surface area (Å²) < 4.78 is 24.7. The Morgan fingerprint density at radius 1 is 1.00 bits per heavy atom. The number of fused-ring (bicyclic) bond motifs is 1. The zero-order valence-electron chi connectivity index (χ0n) is 20.2. The van der Waals surface area contributed by atoms with Crippen LogP contribution in [0.5, 0.6) is 0 Å². The van der Waals surface area contributed by atoms with Gasteiger partial charge in [0.25, 0.3) is 0 Å². The average Bonchev–Trinajstić information content (AvgIpc) is 3.29. The van der Waals surface area contributed by atoms with E-state index in [9.17, 15) is 8.42 Å². The van der Waals surface area contributed by atoms with Crippen molar-refractivity contribution < 1.29 is 13.0 Å². The van der Waals surface area contributed by atoms with Gasteiger partial charge >= 0.3 is 0 Å². The number of aryl methyl sites for hydroxylation is 1. The SMILES string of the molecule is Cc1ccc(S(N)(=O)=O)cc1-c1cccc(C[N+]2(Nc3ccc4[nH]ncc4c3)CCCCC2)c1C. The van der Waals surface area contributed by atoms with Gasteiger partial charge in [0.1, 0.15) is 19.6 Å². The topological polar surface area (TPSA) is 101 Å². The van der Waals surface area contributed by atoms with E-state index in [1.54, 1.807) is 12.1 Å². The Morgan fingerprint density at radius 3 is 2.57 bits per heavy atom. The molecule has 5 rings (SSSR count). The first-order valence-electron chi connectivity index (χ1n) is 12.0. The Kier molecular flexibility index (Phi) is 6.13. The molecule has 8 heteroatoms. The Bertz CT molecular complexity index is 1490. The molecule has 0 atom stereocenters. The molecular weight excluding hydrogens is 458 g/mol. The number of H-pyrrole nitrogens is 1. The van der Waals surface area contributed by atoms with Crippen molar-refractivity contribution in [1.29, 1.82) is 0 Å². The predicted molar refractivity (Wildman–Crippen MR) is 140 cm³/mol. The number of piperidine rings is 1. The zero-order chi connectivity index (χ0) is 24.6. The number of nitrogens with one attached hydrogen (secondary N) is 2. The van der Waals surface area contributed by atoms with Gasteiger partial charge in [-0.2, -0.15) is 5.10 Å². The lowest BCUT2D eigenvalue weighted by Crippen LogP contribution is -2.55. The quantitative estimate of drug-likeness (QED) is 0.330. The molecule has 4 N–H and O–H groups in total. The minimum absolute atomic E-state index is 0.138. The number of aromatic amines is 1. The Balaban J connectivity index is 1.51. The van der Waals surface area contributed by atoms with Crippen molar-refractivity contribution in [2.24, 2.45) is 5.14 Å². The van der Waals surface area contributed by atoms with Gasteiger partial charge in [-0.3, -0.25) is 5.10 Å². The fraction of sp³-hybridized carbons (Fsp3) is 0.296. The molecule has 0 saturated carbocycles. The van der Waals surface area contributed by atoms with E-state index in [2.05, 4.69) is 58.9 Å². The van der Waals surface area contributed by atoms with Crippen molar-refractivity contribution in [3.8, 4) is 11.1 Å². The van der Waals surface area contributed by atoms with Gasteiger partial charge in [0.15, 0.2) is 0 Å². The number of rotatable bonds is 6. The minimum atomic E-state index is -3.77. The van der Waals surface area contributed by atoms with Crippen LogP contribution in [0.2, 0.25) is 0 Å². The third kappa shape index (κ3) is 4.82. The first-order valence-corrected chi connectivity index (χ1v) is 13.6. The molecule has 0 unspecified atom stereocenters. The van der Waals surface area contributed by atoms with E-state index >= 15 is 0 Å². The highest BCUT2D eigenvalue weighted by molar-refractivity contribution is 7.89. The van der Waals surface area contributed by atoms with E-state index in [4.69, 9.17) is 5.14 Å². The first-order chi connectivity index (χ1) is 16.7. The van der Waals surface area contributed by atoms with Crippen molar-refractivity contribution in [3.05, 3.63) is 77.5 Å². The molecule has 0 bridgehead atoms. The van der Waals surface area contributed by atoms with E-state index in [0.717, 1.165) is 63.1 Å². The van der Waals surface area contributed by atoms with Gasteiger partial charge < -0.3 is 0 Å². The maximum absolute atomic E-state index is 12.0. The minimum Gasteiger partial charge on any atom is -0.278 e. The molecule has 0 radical (unpaired) electrons. The number of sulfonamides is 1. The molecule has 182 valence electrons. The number of primary sulfonamides is 1. The lowest BCUT2D eigenvalue weighted by molar-refractivity contribution is -0.925. The van der Waals surface area contributed by atoms with Gasteiger partial charge in [-0.1, -0.05) is 24.3 Å². The smallest absolute Gasteiger partial charge is 0.238 e. The predicted octanol–water partition coefficient (Wildman–Crippen LogP) is 5.02. The van der Waals surface area contributed by atoms with Gasteiger partial charge in [0.05, 0.1) is 22.3 Å². The summed E-state index contributed by atoms with van der Waals surface area (Å²) in [5.41, 5.74) is 11.3.